The third-order valence-electron chi connectivity index (χ3n) is 6.27. The highest BCUT2D eigenvalue weighted by Gasteiger charge is 2.34. The highest BCUT2D eigenvalue weighted by atomic mass is 19.3. The largest absolute Gasteiger partial charge is 0.327 e. The van der Waals surface area contributed by atoms with Crippen LogP contribution >= 0.6 is 0 Å². The molecule has 33 heavy (non-hydrogen) atoms. The van der Waals surface area contributed by atoms with Gasteiger partial charge >= 0.3 is 11.8 Å². The highest BCUT2D eigenvalue weighted by Crippen LogP contribution is 2.36. The van der Waals surface area contributed by atoms with Crippen molar-refractivity contribution < 1.29 is 23.2 Å². The number of pyridine rings is 1. The second kappa shape index (κ2) is 9.25. The number of rotatable bonds is 3. The topological polar surface area (TPSA) is 91.4 Å². The van der Waals surface area contributed by atoms with Gasteiger partial charge in [0.15, 0.2) is 0 Å². The molecule has 3 heterocycles. The minimum absolute atomic E-state index is 0.0125. The summed E-state index contributed by atoms with van der Waals surface area (Å²) in [6.07, 6.45) is 1.11. The van der Waals surface area contributed by atoms with Gasteiger partial charge in [-0.1, -0.05) is 19.1 Å². The van der Waals surface area contributed by atoms with E-state index in [2.05, 4.69) is 15.6 Å². The van der Waals surface area contributed by atoms with Crippen LogP contribution < -0.4 is 10.6 Å². The van der Waals surface area contributed by atoms with Gasteiger partial charge in [-0.05, 0) is 60.9 Å². The molecule has 2 N–H and O–H groups in total. The van der Waals surface area contributed by atoms with E-state index in [9.17, 15) is 23.2 Å². The zero-order valence-electron chi connectivity index (χ0n) is 18.5. The highest BCUT2D eigenvalue weighted by molar-refractivity contribution is 6.39. The molecule has 0 aliphatic carbocycles. The fourth-order valence-corrected chi connectivity index (χ4v) is 4.53. The summed E-state index contributed by atoms with van der Waals surface area (Å²) in [6, 6.07) is 6.86. The van der Waals surface area contributed by atoms with Gasteiger partial charge in [-0.15, -0.1) is 0 Å². The first-order chi connectivity index (χ1) is 15.7. The number of alkyl halides is 2. The fourth-order valence-electron chi connectivity index (χ4n) is 4.53. The number of anilines is 2. The SMILES string of the molecule is Cc1cc(NC(=O)C(=O)N2C[C@@H](C)CC[C@@H]2c2ccc3c(c2)CCC(=O)N3)cnc1C(F)F. The van der Waals surface area contributed by atoms with Gasteiger partial charge in [-0.3, -0.25) is 19.4 Å². The Labute approximate surface area is 190 Å². The van der Waals surface area contributed by atoms with Gasteiger partial charge in [0.25, 0.3) is 6.43 Å². The molecule has 0 saturated carbocycles. The molecule has 2 aliphatic rings. The first-order valence-electron chi connectivity index (χ1n) is 11.0. The molecule has 9 heteroatoms. The number of piperidine rings is 1. The van der Waals surface area contributed by atoms with Crippen molar-refractivity contribution in [1.29, 1.82) is 0 Å². The number of hydrogen-bond acceptors (Lipinski definition) is 4. The van der Waals surface area contributed by atoms with Crippen molar-refractivity contribution >= 4 is 29.1 Å². The van der Waals surface area contributed by atoms with Crippen molar-refractivity contribution in [2.75, 3.05) is 17.2 Å². The van der Waals surface area contributed by atoms with E-state index in [1.165, 1.54) is 13.0 Å². The molecule has 1 fully saturated rings. The van der Waals surface area contributed by atoms with Crippen LogP contribution in [0.4, 0.5) is 20.2 Å². The summed E-state index contributed by atoms with van der Waals surface area (Å²) in [7, 11) is 0. The van der Waals surface area contributed by atoms with E-state index in [1.54, 1.807) is 4.90 Å². The Morgan fingerprint density at radius 2 is 2.00 bits per heavy atom. The van der Waals surface area contributed by atoms with Crippen LogP contribution in [0, 0.1) is 12.8 Å². The van der Waals surface area contributed by atoms with Crippen molar-refractivity contribution in [1.82, 2.24) is 9.88 Å². The van der Waals surface area contributed by atoms with Gasteiger partial charge in [0.2, 0.25) is 5.91 Å². The summed E-state index contributed by atoms with van der Waals surface area (Å²) in [5.74, 6) is -1.27. The number of likely N-dealkylation sites (tertiary alicyclic amines) is 1. The molecule has 2 aromatic rings. The van der Waals surface area contributed by atoms with Gasteiger partial charge in [0.05, 0.1) is 17.9 Å². The van der Waals surface area contributed by atoms with Crippen LogP contribution in [0.15, 0.2) is 30.5 Å². The summed E-state index contributed by atoms with van der Waals surface area (Å²) in [6.45, 7) is 3.95. The predicted octanol–water partition coefficient (Wildman–Crippen LogP) is 4.15. The molecule has 3 amide bonds. The Balaban J connectivity index is 1.53. The van der Waals surface area contributed by atoms with E-state index in [1.807, 2.05) is 25.1 Å². The fraction of sp³-hybridized carbons (Fsp3) is 0.417. The van der Waals surface area contributed by atoms with Crippen molar-refractivity contribution in [2.45, 2.75) is 52.0 Å². The maximum atomic E-state index is 13.1. The first-order valence-corrected chi connectivity index (χ1v) is 11.0. The standard InChI is InChI=1S/C24H26F2N4O3/c1-13-3-7-19(16-4-6-18-15(10-16)5-8-20(31)29-18)30(12-13)24(33)23(32)28-17-9-14(2)21(22(25)26)27-11-17/h4,6,9-11,13,19,22H,3,5,7-8,12H2,1-2H3,(H,28,32)(H,29,31)/t13-,19+/m0/s1. The Morgan fingerprint density at radius 3 is 2.73 bits per heavy atom. The molecule has 2 atom stereocenters. The lowest BCUT2D eigenvalue weighted by atomic mass is 9.88. The van der Waals surface area contributed by atoms with E-state index < -0.39 is 18.2 Å². The number of carbonyl (C=O) groups is 3. The molecule has 0 bridgehead atoms. The van der Waals surface area contributed by atoms with E-state index in [-0.39, 0.29) is 34.8 Å². The molecular weight excluding hydrogens is 430 g/mol. The smallest absolute Gasteiger partial charge is 0.313 e. The summed E-state index contributed by atoms with van der Waals surface area (Å²) in [5.41, 5.74) is 2.81. The Hall–Kier alpha value is -3.36. The molecule has 2 aliphatic heterocycles. The van der Waals surface area contributed by atoms with Crippen LogP contribution in [0.3, 0.4) is 0 Å². The van der Waals surface area contributed by atoms with Crippen molar-refractivity contribution in [3.8, 4) is 0 Å². The maximum Gasteiger partial charge on any atom is 0.313 e. The van der Waals surface area contributed by atoms with Crippen molar-refractivity contribution in [2.24, 2.45) is 5.92 Å². The van der Waals surface area contributed by atoms with Crippen molar-refractivity contribution in [3.63, 3.8) is 0 Å². The Morgan fingerprint density at radius 1 is 1.21 bits per heavy atom. The lowest BCUT2D eigenvalue weighted by Gasteiger charge is -2.39. The summed E-state index contributed by atoms with van der Waals surface area (Å²) in [4.78, 5) is 42.8. The van der Waals surface area contributed by atoms with Gasteiger partial charge in [0, 0.05) is 18.7 Å². The number of fused-ring (bicyclic) bond motifs is 1. The molecule has 1 aromatic carbocycles. The third-order valence-corrected chi connectivity index (χ3v) is 6.27. The number of halogens is 2. The number of hydrogen-bond donors (Lipinski definition) is 2. The quantitative estimate of drug-likeness (QED) is 0.679. The zero-order valence-corrected chi connectivity index (χ0v) is 18.5. The minimum atomic E-state index is -2.71. The third kappa shape index (κ3) is 4.86. The average molecular weight is 456 g/mol. The van der Waals surface area contributed by atoms with Crippen LogP contribution in [0.25, 0.3) is 0 Å². The van der Waals surface area contributed by atoms with Crippen molar-refractivity contribution in [3.05, 3.63) is 52.8 Å². The molecule has 1 saturated heterocycles. The second-order valence-corrected chi connectivity index (χ2v) is 8.80. The number of amides is 3. The number of aryl methyl sites for hydroxylation is 2. The van der Waals surface area contributed by atoms with Gasteiger partial charge in [-0.2, -0.15) is 0 Å². The number of carbonyl (C=O) groups excluding carboxylic acids is 3. The minimum Gasteiger partial charge on any atom is -0.327 e. The molecule has 1 aromatic heterocycles. The predicted molar refractivity (Wildman–Crippen MR) is 119 cm³/mol. The molecule has 174 valence electrons. The molecule has 0 radical (unpaired) electrons. The van der Waals surface area contributed by atoms with E-state index in [4.69, 9.17) is 0 Å². The van der Waals surface area contributed by atoms with E-state index in [0.717, 1.165) is 35.9 Å². The van der Waals surface area contributed by atoms with Crippen LogP contribution in [0.2, 0.25) is 0 Å². The van der Waals surface area contributed by atoms with Crippen LogP contribution in [0.1, 0.15) is 61.0 Å². The second-order valence-electron chi connectivity index (χ2n) is 8.80. The Kier molecular flexibility index (Phi) is 6.40. The Bertz CT molecular complexity index is 1110. The average Bonchev–Trinajstić information content (AvgIpc) is 2.78. The van der Waals surface area contributed by atoms with Crippen LogP contribution in [-0.2, 0) is 20.8 Å². The molecular formula is C24H26F2N4O3. The monoisotopic (exact) mass is 456 g/mol. The first kappa shape index (κ1) is 22.8. The number of nitrogens with zero attached hydrogens (tertiary/aromatic N) is 2. The zero-order chi connectivity index (χ0) is 23.7. The normalized spacial score (nSPS) is 20.3. The number of benzene rings is 1. The molecule has 0 spiro atoms. The summed E-state index contributed by atoms with van der Waals surface area (Å²) >= 11 is 0. The summed E-state index contributed by atoms with van der Waals surface area (Å²) < 4.78 is 25.9. The van der Waals surface area contributed by atoms with E-state index >= 15 is 0 Å². The van der Waals surface area contributed by atoms with Gasteiger partial charge < -0.3 is 15.5 Å². The van der Waals surface area contributed by atoms with Gasteiger partial charge in [0.1, 0.15) is 5.69 Å². The maximum absolute atomic E-state index is 13.1. The molecule has 7 nitrogen and oxygen atoms in total. The van der Waals surface area contributed by atoms with E-state index in [0.29, 0.717) is 19.4 Å². The summed E-state index contributed by atoms with van der Waals surface area (Å²) in [5, 5.41) is 5.36. The number of aromatic nitrogens is 1. The molecule has 4 rings (SSSR count). The number of nitrogens with one attached hydrogen (secondary N) is 2. The lowest BCUT2D eigenvalue weighted by Crippen LogP contribution is -2.46. The molecule has 0 unspecified atom stereocenters. The lowest BCUT2D eigenvalue weighted by molar-refractivity contribution is -0.146. The van der Waals surface area contributed by atoms with Crippen LogP contribution in [-0.4, -0.2) is 34.2 Å². The van der Waals surface area contributed by atoms with Crippen LogP contribution in [0.5, 0.6) is 0 Å². The van der Waals surface area contributed by atoms with Gasteiger partial charge in [-0.25, -0.2) is 8.78 Å².